The Morgan fingerprint density at radius 1 is 0.941 bits per heavy atom. The van der Waals surface area contributed by atoms with Gasteiger partial charge in [0.25, 0.3) is 5.56 Å². The van der Waals surface area contributed by atoms with Gasteiger partial charge in [-0.1, -0.05) is 54.1 Å². The molecule has 6 nitrogen and oxygen atoms in total. The molecule has 0 aliphatic carbocycles. The third-order valence-corrected chi connectivity index (χ3v) is 6.06. The van der Waals surface area contributed by atoms with E-state index in [0.717, 1.165) is 15.7 Å². The van der Waals surface area contributed by atoms with Crippen molar-refractivity contribution in [2.45, 2.75) is 20.0 Å². The van der Waals surface area contributed by atoms with Crippen LogP contribution in [0, 0.1) is 12.7 Å². The first-order valence-corrected chi connectivity index (χ1v) is 11.1. The molecule has 170 valence electrons. The van der Waals surface area contributed by atoms with Crippen molar-refractivity contribution in [3.8, 4) is 5.69 Å². The Labute approximate surface area is 199 Å². The highest BCUT2D eigenvalue weighted by Gasteiger charge is 2.20. The molecule has 5 aromatic rings. The molecule has 5 rings (SSSR count). The molecular weight excluding hydrogens is 455 g/mol. The number of rotatable bonds is 5. The molecule has 0 spiro atoms. The number of fused-ring (bicyclic) bond motifs is 1. The zero-order valence-electron chi connectivity index (χ0n) is 18.3. The molecule has 34 heavy (non-hydrogen) atoms. The van der Waals surface area contributed by atoms with Gasteiger partial charge in [0.05, 0.1) is 18.6 Å². The van der Waals surface area contributed by atoms with Crippen LogP contribution in [0.5, 0.6) is 0 Å². The Hall–Kier alpha value is -3.97. The summed E-state index contributed by atoms with van der Waals surface area (Å²) in [6.07, 6.45) is 1.57. The molecule has 0 amide bonds. The van der Waals surface area contributed by atoms with Crippen molar-refractivity contribution in [2.75, 3.05) is 0 Å². The van der Waals surface area contributed by atoms with Crippen molar-refractivity contribution in [3.05, 3.63) is 127 Å². The number of halogens is 2. The third-order valence-electron chi connectivity index (χ3n) is 5.82. The lowest BCUT2D eigenvalue weighted by Crippen LogP contribution is -2.40. The molecule has 2 aromatic heterocycles. The van der Waals surface area contributed by atoms with Crippen LogP contribution in [0.1, 0.15) is 16.7 Å². The van der Waals surface area contributed by atoms with E-state index in [1.54, 1.807) is 47.3 Å². The summed E-state index contributed by atoms with van der Waals surface area (Å²) in [6, 6.07) is 20.4. The second-order valence-corrected chi connectivity index (χ2v) is 8.52. The Morgan fingerprint density at radius 2 is 1.71 bits per heavy atom. The van der Waals surface area contributed by atoms with Crippen LogP contribution in [0.4, 0.5) is 4.39 Å². The van der Waals surface area contributed by atoms with Gasteiger partial charge < -0.3 is 4.57 Å². The van der Waals surface area contributed by atoms with Gasteiger partial charge in [-0.3, -0.25) is 9.36 Å². The van der Waals surface area contributed by atoms with Crippen LogP contribution in [0.2, 0.25) is 5.02 Å². The monoisotopic (exact) mass is 474 g/mol. The highest BCUT2D eigenvalue weighted by molar-refractivity contribution is 6.30. The topological polar surface area (TPSA) is 61.8 Å². The lowest BCUT2D eigenvalue weighted by molar-refractivity contribution is 0.624. The predicted molar refractivity (Wildman–Crippen MR) is 130 cm³/mol. The van der Waals surface area contributed by atoms with E-state index in [-0.39, 0.29) is 18.0 Å². The van der Waals surface area contributed by atoms with E-state index in [1.807, 2.05) is 31.2 Å². The smallest absolute Gasteiger partial charge is 0.320 e. The maximum Gasteiger partial charge on any atom is 0.337 e. The van der Waals surface area contributed by atoms with Crippen molar-refractivity contribution in [3.63, 3.8) is 0 Å². The van der Waals surface area contributed by atoms with Gasteiger partial charge in [-0.25, -0.2) is 18.7 Å². The van der Waals surface area contributed by atoms with Crippen molar-refractivity contribution in [1.29, 1.82) is 0 Å². The normalized spacial score (nSPS) is 11.3. The highest BCUT2D eigenvalue weighted by Crippen LogP contribution is 2.19. The standard InChI is InChI=1S/C26H20ClFN4O2/c1-17-5-2-3-6-19(17)15-30-16-29-24-23(30)25(33)31(14-18-9-11-21(28)12-10-18)26(34)32(24)22-8-4-7-20(27)13-22/h2-13,16H,14-15H2,1H3. The van der Waals surface area contributed by atoms with E-state index in [2.05, 4.69) is 4.98 Å². The summed E-state index contributed by atoms with van der Waals surface area (Å²) in [5.74, 6) is -0.390. The second-order valence-electron chi connectivity index (χ2n) is 8.09. The minimum absolute atomic E-state index is 0.00992. The van der Waals surface area contributed by atoms with Gasteiger partial charge in [0, 0.05) is 11.6 Å². The fourth-order valence-electron chi connectivity index (χ4n) is 4.03. The van der Waals surface area contributed by atoms with Gasteiger partial charge in [-0.2, -0.15) is 0 Å². The Morgan fingerprint density at radius 3 is 2.44 bits per heavy atom. The molecule has 0 aliphatic rings. The summed E-state index contributed by atoms with van der Waals surface area (Å²) in [6.45, 7) is 2.41. The molecule has 0 aliphatic heterocycles. The SMILES string of the molecule is Cc1ccccc1Cn1cnc2c1c(=O)n(Cc1ccc(F)cc1)c(=O)n2-c1cccc(Cl)c1. The number of nitrogens with zero attached hydrogens (tertiary/aromatic N) is 4. The van der Waals surface area contributed by atoms with Crippen molar-refractivity contribution < 1.29 is 4.39 Å². The van der Waals surface area contributed by atoms with Crippen LogP contribution in [-0.4, -0.2) is 18.7 Å². The maximum absolute atomic E-state index is 13.6. The predicted octanol–water partition coefficient (Wildman–Crippen LogP) is 4.55. The van der Waals surface area contributed by atoms with Gasteiger partial charge >= 0.3 is 5.69 Å². The van der Waals surface area contributed by atoms with E-state index < -0.39 is 11.2 Å². The number of benzene rings is 3. The lowest BCUT2D eigenvalue weighted by Gasteiger charge is -2.13. The molecule has 8 heteroatoms. The first kappa shape index (κ1) is 21.9. The van der Waals surface area contributed by atoms with Gasteiger partial charge in [-0.15, -0.1) is 0 Å². The molecule has 0 fully saturated rings. The molecule has 0 saturated heterocycles. The summed E-state index contributed by atoms with van der Waals surface area (Å²) in [4.78, 5) is 31.6. The zero-order valence-corrected chi connectivity index (χ0v) is 19.0. The van der Waals surface area contributed by atoms with Crippen LogP contribution in [-0.2, 0) is 13.1 Å². The number of imidazole rings is 1. The molecule has 2 heterocycles. The van der Waals surface area contributed by atoms with Gasteiger partial charge in [0.2, 0.25) is 0 Å². The molecule has 0 unspecified atom stereocenters. The van der Waals surface area contributed by atoms with E-state index in [9.17, 15) is 14.0 Å². The minimum Gasteiger partial charge on any atom is -0.320 e. The van der Waals surface area contributed by atoms with E-state index >= 15 is 0 Å². The van der Waals surface area contributed by atoms with Crippen molar-refractivity contribution >= 4 is 22.8 Å². The first-order chi connectivity index (χ1) is 16.4. The highest BCUT2D eigenvalue weighted by atomic mass is 35.5. The Bertz CT molecular complexity index is 1630. The number of hydrogen-bond donors (Lipinski definition) is 0. The quantitative estimate of drug-likeness (QED) is 0.375. The fourth-order valence-corrected chi connectivity index (χ4v) is 4.22. The van der Waals surface area contributed by atoms with Gasteiger partial charge in [-0.05, 0) is 53.9 Å². The van der Waals surface area contributed by atoms with Crippen LogP contribution in [0.3, 0.4) is 0 Å². The molecule has 0 saturated carbocycles. The molecule has 0 radical (unpaired) electrons. The number of aromatic nitrogens is 4. The summed E-state index contributed by atoms with van der Waals surface area (Å²) in [5.41, 5.74) is 2.77. The third kappa shape index (κ3) is 3.95. The Kier molecular flexibility index (Phi) is 5.63. The molecule has 0 atom stereocenters. The molecular formula is C26H20ClFN4O2. The van der Waals surface area contributed by atoms with Crippen molar-refractivity contribution in [1.82, 2.24) is 18.7 Å². The van der Waals surface area contributed by atoms with Crippen LogP contribution in [0.15, 0.2) is 88.7 Å². The molecule has 0 N–H and O–H groups in total. The number of hydrogen-bond acceptors (Lipinski definition) is 3. The summed E-state index contributed by atoms with van der Waals surface area (Å²) >= 11 is 6.20. The van der Waals surface area contributed by atoms with Crippen LogP contribution >= 0.6 is 11.6 Å². The largest absolute Gasteiger partial charge is 0.337 e. The van der Waals surface area contributed by atoms with Crippen LogP contribution in [0.25, 0.3) is 16.9 Å². The Balaban J connectivity index is 1.77. The molecule has 3 aromatic carbocycles. The number of aryl methyl sites for hydroxylation is 1. The average molecular weight is 475 g/mol. The van der Waals surface area contributed by atoms with Gasteiger partial charge in [0.15, 0.2) is 11.2 Å². The van der Waals surface area contributed by atoms with E-state index in [4.69, 9.17) is 11.6 Å². The first-order valence-electron chi connectivity index (χ1n) is 10.7. The van der Waals surface area contributed by atoms with Crippen LogP contribution < -0.4 is 11.2 Å². The van der Waals surface area contributed by atoms with E-state index in [0.29, 0.717) is 28.3 Å². The average Bonchev–Trinajstić information content (AvgIpc) is 3.23. The summed E-state index contributed by atoms with van der Waals surface area (Å²) in [5, 5.41) is 0.452. The fraction of sp³-hybridized carbons (Fsp3) is 0.115. The molecule has 0 bridgehead atoms. The van der Waals surface area contributed by atoms with E-state index in [1.165, 1.54) is 16.7 Å². The minimum atomic E-state index is -0.551. The maximum atomic E-state index is 13.6. The van der Waals surface area contributed by atoms with Gasteiger partial charge in [0.1, 0.15) is 5.82 Å². The van der Waals surface area contributed by atoms with Crippen molar-refractivity contribution in [2.24, 2.45) is 0 Å². The summed E-state index contributed by atoms with van der Waals surface area (Å²) < 4.78 is 17.7. The summed E-state index contributed by atoms with van der Waals surface area (Å²) in [7, 11) is 0. The lowest BCUT2D eigenvalue weighted by atomic mass is 10.1. The zero-order chi connectivity index (χ0) is 23.8. The second kappa shape index (κ2) is 8.76.